The summed E-state index contributed by atoms with van der Waals surface area (Å²) < 4.78 is 5.56. The average molecular weight is 177 g/mol. The second-order valence-electron chi connectivity index (χ2n) is 3.58. The van der Waals surface area contributed by atoms with Gasteiger partial charge in [0.2, 0.25) is 0 Å². The van der Waals surface area contributed by atoms with Crippen LogP contribution in [0.3, 0.4) is 0 Å². The van der Waals surface area contributed by atoms with E-state index in [0.29, 0.717) is 6.10 Å². The van der Waals surface area contributed by atoms with Crippen LogP contribution in [-0.4, -0.2) is 12.7 Å². The first-order chi connectivity index (χ1) is 6.34. The van der Waals surface area contributed by atoms with Crippen molar-refractivity contribution in [1.82, 2.24) is 0 Å². The fourth-order valence-electron chi connectivity index (χ4n) is 1.79. The van der Waals surface area contributed by atoms with Crippen molar-refractivity contribution in [3.05, 3.63) is 29.8 Å². The van der Waals surface area contributed by atoms with Gasteiger partial charge in [0.1, 0.15) is 0 Å². The first-order valence-electron chi connectivity index (χ1n) is 4.80. The molecular weight excluding hydrogens is 162 g/mol. The second-order valence-corrected chi connectivity index (χ2v) is 3.58. The highest BCUT2D eigenvalue weighted by atomic mass is 16.5. The Labute approximate surface area is 78.7 Å². The Morgan fingerprint density at radius 2 is 2.38 bits per heavy atom. The molecule has 1 unspecified atom stereocenters. The second kappa shape index (κ2) is 3.79. The third-order valence-electron chi connectivity index (χ3n) is 2.44. The summed E-state index contributed by atoms with van der Waals surface area (Å²) in [5.41, 5.74) is 7.82. The highest BCUT2D eigenvalue weighted by Gasteiger charge is 2.15. The Morgan fingerprint density at radius 1 is 1.46 bits per heavy atom. The summed E-state index contributed by atoms with van der Waals surface area (Å²) >= 11 is 0. The van der Waals surface area contributed by atoms with E-state index < -0.39 is 0 Å². The van der Waals surface area contributed by atoms with E-state index in [1.165, 1.54) is 18.4 Å². The lowest BCUT2D eigenvalue weighted by atomic mass is 10.1. The normalized spacial score (nSPS) is 22.0. The molecule has 1 saturated heterocycles. The van der Waals surface area contributed by atoms with E-state index >= 15 is 0 Å². The van der Waals surface area contributed by atoms with Crippen LogP contribution in [0, 0.1) is 0 Å². The molecule has 1 aliphatic heterocycles. The zero-order chi connectivity index (χ0) is 9.10. The predicted octanol–water partition coefficient (Wildman–Crippen LogP) is 1.99. The van der Waals surface area contributed by atoms with Crippen LogP contribution in [0.15, 0.2) is 24.3 Å². The van der Waals surface area contributed by atoms with Crippen molar-refractivity contribution < 1.29 is 4.74 Å². The van der Waals surface area contributed by atoms with Gasteiger partial charge >= 0.3 is 0 Å². The van der Waals surface area contributed by atoms with Gasteiger partial charge in [0, 0.05) is 12.3 Å². The van der Waals surface area contributed by atoms with Gasteiger partial charge in [-0.1, -0.05) is 12.1 Å². The fourth-order valence-corrected chi connectivity index (χ4v) is 1.79. The maximum absolute atomic E-state index is 5.69. The lowest BCUT2D eigenvalue weighted by molar-refractivity contribution is 0.111. The first kappa shape index (κ1) is 8.57. The summed E-state index contributed by atoms with van der Waals surface area (Å²) in [5.74, 6) is 0. The van der Waals surface area contributed by atoms with Crippen LogP contribution in [-0.2, 0) is 11.2 Å². The molecule has 0 aromatic heterocycles. The molecule has 1 atom stereocenters. The topological polar surface area (TPSA) is 35.2 Å². The van der Waals surface area contributed by atoms with E-state index in [2.05, 4.69) is 6.07 Å². The quantitative estimate of drug-likeness (QED) is 0.701. The van der Waals surface area contributed by atoms with Crippen molar-refractivity contribution in [2.75, 3.05) is 12.3 Å². The molecule has 2 N–H and O–H groups in total. The fraction of sp³-hybridized carbons (Fsp3) is 0.455. The molecule has 1 aromatic carbocycles. The van der Waals surface area contributed by atoms with Crippen LogP contribution >= 0.6 is 0 Å². The van der Waals surface area contributed by atoms with Gasteiger partial charge in [-0.2, -0.15) is 0 Å². The van der Waals surface area contributed by atoms with Gasteiger partial charge in [0.25, 0.3) is 0 Å². The van der Waals surface area contributed by atoms with Gasteiger partial charge in [-0.15, -0.1) is 0 Å². The molecule has 1 aliphatic rings. The van der Waals surface area contributed by atoms with Crippen LogP contribution in [0.1, 0.15) is 18.4 Å². The smallest absolute Gasteiger partial charge is 0.0616 e. The minimum atomic E-state index is 0.418. The number of nitrogen functional groups attached to an aromatic ring is 1. The molecule has 0 aliphatic carbocycles. The van der Waals surface area contributed by atoms with E-state index in [1.54, 1.807) is 0 Å². The number of ether oxygens (including phenoxy) is 1. The van der Waals surface area contributed by atoms with E-state index in [9.17, 15) is 0 Å². The molecule has 1 heterocycles. The third kappa shape index (κ3) is 2.22. The van der Waals surface area contributed by atoms with Crippen LogP contribution in [0.5, 0.6) is 0 Å². The van der Waals surface area contributed by atoms with Crippen molar-refractivity contribution in [1.29, 1.82) is 0 Å². The average Bonchev–Trinajstić information content (AvgIpc) is 2.57. The lowest BCUT2D eigenvalue weighted by Crippen LogP contribution is -2.08. The molecule has 1 aromatic rings. The molecule has 2 heteroatoms. The SMILES string of the molecule is Nc1cccc(CC2CCCO2)c1. The molecule has 0 amide bonds. The van der Waals surface area contributed by atoms with Gasteiger partial charge in [0.15, 0.2) is 0 Å². The Bertz CT molecular complexity index is 279. The summed E-state index contributed by atoms with van der Waals surface area (Å²) in [6.07, 6.45) is 3.81. The maximum Gasteiger partial charge on any atom is 0.0616 e. The molecule has 0 radical (unpaired) electrons. The zero-order valence-corrected chi connectivity index (χ0v) is 7.70. The molecule has 2 rings (SSSR count). The first-order valence-corrected chi connectivity index (χ1v) is 4.80. The molecule has 2 nitrogen and oxygen atoms in total. The Balaban J connectivity index is 2.00. The minimum absolute atomic E-state index is 0.418. The van der Waals surface area contributed by atoms with Crippen molar-refractivity contribution in [2.45, 2.75) is 25.4 Å². The molecule has 70 valence electrons. The summed E-state index contributed by atoms with van der Waals surface area (Å²) in [7, 11) is 0. The van der Waals surface area contributed by atoms with E-state index in [4.69, 9.17) is 10.5 Å². The summed E-state index contributed by atoms with van der Waals surface area (Å²) in [6, 6.07) is 8.05. The number of anilines is 1. The summed E-state index contributed by atoms with van der Waals surface area (Å²) in [6.45, 7) is 0.924. The molecular formula is C11H15NO. The Morgan fingerprint density at radius 3 is 3.08 bits per heavy atom. The standard InChI is InChI=1S/C11H15NO/c12-10-4-1-3-9(7-10)8-11-5-2-6-13-11/h1,3-4,7,11H,2,5-6,8,12H2. The highest BCUT2D eigenvalue weighted by Crippen LogP contribution is 2.18. The van der Waals surface area contributed by atoms with E-state index in [-0.39, 0.29) is 0 Å². The van der Waals surface area contributed by atoms with Crippen molar-refractivity contribution in [2.24, 2.45) is 0 Å². The van der Waals surface area contributed by atoms with Crippen molar-refractivity contribution >= 4 is 5.69 Å². The maximum atomic E-state index is 5.69. The molecule has 0 saturated carbocycles. The van der Waals surface area contributed by atoms with Gasteiger partial charge in [-0.3, -0.25) is 0 Å². The predicted molar refractivity (Wildman–Crippen MR) is 53.5 cm³/mol. The number of benzene rings is 1. The number of hydrogen-bond donors (Lipinski definition) is 1. The van der Waals surface area contributed by atoms with Crippen LogP contribution < -0.4 is 5.73 Å². The van der Waals surface area contributed by atoms with Gasteiger partial charge in [-0.25, -0.2) is 0 Å². The summed E-state index contributed by atoms with van der Waals surface area (Å²) in [5, 5.41) is 0. The van der Waals surface area contributed by atoms with Crippen LogP contribution in [0.2, 0.25) is 0 Å². The lowest BCUT2D eigenvalue weighted by Gasteiger charge is -2.09. The van der Waals surface area contributed by atoms with E-state index in [0.717, 1.165) is 18.7 Å². The number of nitrogens with two attached hydrogens (primary N) is 1. The van der Waals surface area contributed by atoms with Crippen LogP contribution in [0.25, 0.3) is 0 Å². The largest absolute Gasteiger partial charge is 0.399 e. The van der Waals surface area contributed by atoms with Crippen molar-refractivity contribution in [3.8, 4) is 0 Å². The van der Waals surface area contributed by atoms with Gasteiger partial charge < -0.3 is 10.5 Å². The van der Waals surface area contributed by atoms with Gasteiger partial charge in [-0.05, 0) is 37.0 Å². The third-order valence-corrected chi connectivity index (χ3v) is 2.44. The summed E-state index contributed by atoms with van der Waals surface area (Å²) in [4.78, 5) is 0. The molecule has 13 heavy (non-hydrogen) atoms. The number of rotatable bonds is 2. The van der Waals surface area contributed by atoms with Crippen LogP contribution in [0.4, 0.5) is 5.69 Å². The van der Waals surface area contributed by atoms with Crippen molar-refractivity contribution in [3.63, 3.8) is 0 Å². The number of hydrogen-bond acceptors (Lipinski definition) is 2. The monoisotopic (exact) mass is 177 g/mol. The molecule has 0 spiro atoms. The Hall–Kier alpha value is -1.02. The molecule has 0 bridgehead atoms. The molecule has 1 fully saturated rings. The van der Waals surface area contributed by atoms with E-state index in [1.807, 2.05) is 18.2 Å². The highest BCUT2D eigenvalue weighted by molar-refractivity contribution is 5.40. The Kier molecular flexibility index (Phi) is 2.50. The minimum Gasteiger partial charge on any atom is -0.399 e. The van der Waals surface area contributed by atoms with Gasteiger partial charge in [0.05, 0.1) is 6.10 Å². The zero-order valence-electron chi connectivity index (χ0n) is 7.70.